The molecule has 1 heterocycles. The minimum Gasteiger partial charge on any atom is -0.466 e. The summed E-state index contributed by atoms with van der Waals surface area (Å²) in [5, 5.41) is 0. The molecule has 0 unspecified atom stereocenters. The molecule has 0 bridgehead atoms. The van der Waals surface area contributed by atoms with Crippen molar-refractivity contribution in [3.63, 3.8) is 0 Å². The zero-order valence-electron chi connectivity index (χ0n) is 10.8. The molecule has 1 aromatic rings. The predicted molar refractivity (Wildman–Crippen MR) is 69.0 cm³/mol. The average molecular weight is 443 g/mol. The van der Waals surface area contributed by atoms with Gasteiger partial charge in [0, 0.05) is 5.56 Å². The van der Waals surface area contributed by atoms with Crippen LogP contribution in [0.25, 0.3) is 0 Å². The number of carbonyl (C=O) groups is 1. The van der Waals surface area contributed by atoms with Crippen LogP contribution in [0.4, 0.5) is 26.3 Å². The van der Waals surface area contributed by atoms with E-state index in [0.29, 0.717) is 6.07 Å². The molecule has 0 aliphatic carbocycles. The van der Waals surface area contributed by atoms with Crippen LogP contribution in [0.2, 0.25) is 0 Å². The highest BCUT2D eigenvalue weighted by Crippen LogP contribution is 2.36. The van der Waals surface area contributed by atoms with Crippen LogP contribution in [0.3, 0.4) is 0 Å². The molecule has 0 aliphatic rings. The van der Waals surface area contributed by atoms with Crippen molar-refractivity contribution < 1.29 is 40.6 Å². The summed E-state index contributed by atoms with van der Waals surface area (Å²) in [6, 6.07) is 0.396. The van der Waals surface area contributed by atoms with E-state index in [4.69, 9.17) is 0 Å². The highest BCUT2D eigenvalue weighted by Gasteiger charge is 2.38. The summed E-state index contributed by atoms with van der Waals surface area (Å²) in [7, 11) is 0. The van der Waals surface area contributed by atoms with Gasteiger partial charge in [-0.15, -0.1) is 13.2 Å². The molecule has 4 nitrogen and oxygen atoms in total. The summed E-state index contributed by atoms with van der Waals surface area (Å²) in [6.07, 6.45) is -10.8. The van der Waals surface area contributed by atoms with Gasteiger partial charge in [-0.3, -0.25) is 4.79 Å². The number of carbonyl (C=O) groups excluding carboxylic acids is 1. The van der Waals surface area contributed by atoms with E-state index in [1.807, 2.05) is 0 Å². The van der Waals surface area contributed by atoms with Crippen LogP contribution in [0, 0.1) is 3.70 Å². The van der Waals surface area contributed by atoms with Crippen LogP contribution in [0.5, 0.6) is 5.88 Å². The fourth-order valence-corrected chi connectivity index (χ4v) is 2.09. The number of aromatic nitrogens is 1. The Hall–Kier alpha value is -1.27. The lowest BCUT2D eigenvalue weighted by Crippen LogP contribution is -2.21. The Kier molecular flexibility index (Phi) is 5.87. The van der Waals surface area contributed by atoms with E-state index >= 15 is 0 Å². The van der Waals surface area contributed by atoms with Gasteiger partial charge in [0.1, 0.15) is 3.70 Å². The fraction of sp³-hybridized carbons (Fsp3) is 0.455. The van der Waals surface area contributed by atoms with Gasteiger partial charge in [0.2, 0.25) is 5.88 Å². The molecule has 0 N–H and O–H groups in total. The monoisotopic (exact) mass is 443 g/mol. The van der Waals surface area contributed by atoms with E-state index in [1.165, 1.54) is 6.92 Å². The Morgan fingerprint density at radius 3 is 2.32 bits per heavy atom. The van der Waals surface area contributed by atoms with Gasteiger partial charge in [0.15, 0.2) is 0 Å². The molecule has 11 heteroatoms. The highest BCUT2D eigenvalue weighted by molar-refractivity contribution is 14.1. The number of pyridine rings is 1. The molecule has 0 atom stereocenters. The molecule has 1 rings (SSSR count). The molecule has 22 heavy (non-hydrogen) atoms. The van der Waals surface area contributed by atoms with Crippen LogP contribution >= 0.6 is 22.6 Å². The fourth-order valence-electron chi connectivity index (χ4n) is 1.41. The van der Waals surface area contributed by atoms with Gasteiger partial charge in [-0.2, -0.15) is 13.2 Å². The second-order valence-corrected chi connectivity index (χ2v) is 4.84. The second-order valence-electron chi connectivity index (χ2n) is 3.82. The minimum absolute atomic E-state index is 0.0712. The maximum Gasteiger partial charge on any atom is 0.574 e. The number of ether oxygens (including phenoxy) is 2. The lowest BCUT2D eigenvalue weighted by molar-refractivity contribution is -0.276. The van der Waals surface area contributed by atoms with Gasteiger partial charge in [0.05, 0.1) is 18.6 Å². The molecule has 0 radical (unpaired) electrons. The van der Waals surface area contributed by atoms with Gasteiger partial charge in [0.25, 0.3) is 0 Å². The van der Waals surface area contributed by atoms with E-state index in [9.17, 15) is 31.1 Å². The Balaban J connectivity index is 3.30. The maximum absolute atomic E-state index is 12.8. The molecule has 0 spiro atoms. The van der Waals surface area contributed by atoms with E-state index in [-0.39, 0.29) is 6.61 Å². The van der Waals surface area contributed by atoms with Crippen molar-refractivity contribution in [3.05, 3.63) is 20.9 Å². The van der Waals surface area contributed by atoms with Gasteiger partial charge in [-0.05, 0) is 35.6 Å². The molecule has 0 amide bonds. The number of halogens is 7. The van der Waals surface area contributed by atoms with Gasteiger partial charge >= 0.3 is 18.5 Å². The first kappa shape index (κ1) is 18.8. The number of hydrogen-bond donors (Lipinski definition) is 0. The number of alkyl halides is 6. The van der Waals surface area contributed by atoms with Crippen LogP contribution in [-0.2, 0) is 22.1 Å². The molecule has 0 saturated carbocycles. The van der Waals surface area contributed by atoms with Crippen molar-refractivity contribution in [3.8, 4) is 5.88 Å². The second kappa shape index (κ2) is 6.87. The first-order chi connectivity index (χ1) is 9.94. The Morgan fingerprint density at radius 2 is 1.86 bits per heavy atom. The lowest BCUT2D eigenvalue weighted by atomic mass is 10.1. The number of esters is 1. The molecule has 124 valence electrons. The van der Waals surface area contributed by atoms with Crippen molar-refractivity contribution in [2.75, 3.05) is 6.61 Å². The van der Waals surface area contributed by atoms with Crippen LogP contribution in [0.15, 0.2) is 6.07 Å². The van der Waals surface area contributed by atoms with Gasteiger partial charge in [-0.25, -0.2) is 4.98 Å². The first-order valence-electron chi connectivity index (χ1n) is 5.62. The minimum atomic E-state index is -5.15. The van der Waals surface area contributed by atoms with E-state index in [1.54, 1.807) is 0 Å². The number of nitrogens with zero attached hydrogens (tertiary/aromatic N) is 1. The van der Waals surface area contributed by atoms with Crippen LogP contribution in [-0.4, -0.2) is 23.9 Å². The quantitative estimate of drug-likeness (QED) is 0.308. The third-order valence-corrected chi connectivity index (χ3v) is 3.00. The summed E-state index contributed by atoms with van der Waals surface area (Å²) in [4.78, 5) is 14.5. The van der Waals surface area contributed by atoms with Crippen LogP contribution in [0.1, 0.15) is 18.1 Å². The Bertz CT molecular complexity index is 558. The Morgan fingerprint density at radius 1 is 1.27 bits per heavy atom. The zero-order valence-corrected chi connectivity index (χ0v) is 13.0. The molecule has 0 aliphatic heterocycles. The van der Waals surface area contributed by atoms with Crippen molar-refractivity contribution in [2.24, 2.45) is 0 Å². The number of hydrogen-bond acceptors (Lipinski definition) is 4. The van der Waals surface area contributed by atoms with Gasteiger partial charge < -0.3 is 9.47 Å². The zero-order chi connectivity index (χ0) is 17.1. The van der Waals surface area contributed by atoms with E-state index < -0.39 is 45.6 Å². The summed E-state index contributed by atoms with van der Waals surface area (Å²) in [5.74, 6) is -2.11. The normalized spacial score (nSPS) is 12.2. The molecule has 1 aromatic heterocycles. The standard InChI is InChI=1S/C11H8F6INO3/c1-2-21-7(20)4-5-3-6(10(12,13)14)8(18)19-9(5)22-11(15,16)17/h3H,2,4H2,1H3. The van der Waals surface area contributed by atoms with Crippen molar-refractivity contribution in [2.45, 2.75) is 25.9 Å². The molecular formula is C11H8F6INO3. The van der Waals surface area contributed by atoms with Crippen LogP contribution < -0.4 is 4.74 Å². The summed E-state index contributed by atoms with van der Waals surface area (Å²) >= 11 is 1.14. The summed E-state index contributed by atoms with van der Waals surface area (Å²) in [5.41, 5.74) is -1.93. The smallest absolute Gasteiger partial charge is 0.466 e. The number of rotatable bonds is 4. The summed E-state index contributed by atoms with van der Waals surface area (Å²) in [6.45, 7) is 1.37. The summed E-state index contributed by atoms with van der Waals surface area (Å²) < 4.78 is 82.4. The van der Waals surface area contributed by atoms with Crippen molar-refractivity contribution >= 4 is 28.6 Å². The van der Waals surface area contributed by atoms with Gasteiger partial charge in [-0.1, -0.05) is 0 Å². The lowest BCUT2D eigenvalue weighted by Gasteiger charge is -2.15. The third kappa shape index (κ3) is 5.50. The molecular weight excluding hydrogens is 435 g/mol. The molecule has 0 fully saturated rings. The third-order valence-electron chi connectivity index (χ3n) is 2.17. The predicted octanol–water partition coefficient (Wildman–Crippen LogP) is 3.71. The average Bonchev–Trinajstić information content (AvgIpc) is 2.29. The van der Waals surface area contributed by atoms with Crippen molar-refractivity contribution in [1.29, 1.82) is 0 Å². The SMILES string of the molecule is CCOC(=O)Cc1cc(C(F)(F)F)c(I)nc1OC(F)(F)F. The maximum atomic E-state index is 12.8. The molecule has 0 saturated heterocycles. The first-order valence-corrected chi connectivity index (χ1v) is 6.70. The van der Waals surface area contributed by atoms with E-state index in [0.717, 1.165) is 22.6 Å². The molecule has 0 aromatic carbocycles. The van der Waals surface area contributed by atoms with E-state index in [2.05, 4.69) is 14.5 Å². The largest absolute Gasteiger partial charge is 0.574 e. The topological polar surface area (TPSA) is 48.4 Å². The Labute approximate surface area is 133 Å². The van der Waals surface area contributed by atoms with Crippen molar-refractivity contribution in [1.82, 2.24) is 4.98 Å². The highest BCUT2D eigenvalue weighted by atomic mass is 127.